The fourth-order valence-electron chi connectivity index (χ4n) is 2.13. The van der Waals surface area contributed by atoms with E-state index in [0.29, 0.717) is 12.1 Å². The first kappa shape index (κ1) is 18.2. The fraction of sp³-hybridized carbons (Fsp3) is 0.538. The number of Topliss-reactive ketones (excluding diaryl/α,β-unsaturated/α-hetero) is 1. The van der Waals surface area contributed by atoms with E-state index in [1.807, 2.05) is 26.0 Å². The largest absolute Gasteiger partial charge is 0.368 e. The van der Waals surface area contributed by atoms with Crippen molar-refractivity contribution in [3.63, 3.8) is 0 Å². The van der Waals surface area contributed by atoms with E-state index in [1.54, 1.807) is 0 Å². The Hall–Kier alpha value is -0.840. The van der Waals surface area contributed by atoms with Gasteiger partial charge in [-0.05, 0) is 19.1 Å². The van der Waals surface area contributed by atoms with E-state index in [1.165, 1.54) is 0 Å². The molecule has 6 heteroatoms. The number of hydrogen-bond acceptors (Lipinski definition) is 4. The number of pyridine rings is 1. The van der Waals surface area contributed by atoms with Crippen LogP contribution in [0.3, 0.4) is 0 Å². The molecule has 1 aliphatic heterocycles. The van der Waals surface area contributed by atoms with Crippen LogP contribution in [0.5, 0.6) is 0 Å². The normalized spacial score (nSPS) is 14.3. The Kier molecular flexibility index (Phi) is 7.99. The Labute approximate surface area is 126 Å². The van der Waals surface area contributed by atoms with E-state index in [0.717, 1.165) is 37.6 Å². The van der Waals surface area contributed by atoms with E-state index in [4.69, 9.17) is 0 Å². The quantitative estimate of drug-likeness (QED) is 0.870. The molecule has 0 bridgehead atoms. The number of carbonyl (C=O) groups excluding carboxylic acids is 1. The Morgan fingerprint density at radius 2 is 1.95 bits per heavy atom. The molecule has 0 aliphatic carbocycles. The number of piperazine rings is 1. The van der Waals surface area contributed by atoms with Gasteiger partial charge in [-0.2, -0.15) is 0 Å². The van der Waals surface area contributed by atoms with Gasteiger partial charge in [-0.1, -0.05) is 6.92 Å². The summed E-state index contributed by atoms with van der Waals surface area (Å²) >= 11 is 0. The van der Waals surface area contributed by atoms with Gasteiger partial charge in [0.25, 0.3) is 0 Å². The third-order valence-electron chi connectivity index (χ3n) is 3.12. The first-order valence-electron chi connectivity index (χ1n) is 6.19. The Morgan fingerprint density at radius 1 is 1.32 bits per heavy atom. The third kappa shape index (κ3) is 4.34. The number of halogens is 2. The summed E-state index contributed by atoms with van der Waals surface area (Å²) in [7, 11) is 0. The van der Waals surface area contributed by atoms with Gasteiger partial charge in [0.05, 0.1) is 11.4 Å². The summed E-state index contributed by atoms with van der Waals surface area (Å²) in [6.45, 7) is 7.87. The van der Waals surface area contributed by atoms with Crippen molar-refractivity contribution in [2.45, 2.75) is 20.3 Å². The number of hydrogen-bond donors (Lipinski definition) is 1. The van der Waals surface area contributed by atoms with Crippen molar-refractivity contribution in [2.75, 3.05) is 31.1 Å². The molecular formula is C13H21Cl2N3O. The SMILES string of the molecule is CCC(=O)c1ccc(N2CCNCC2)c(C)n1.Cl.Cl. The molecule has 1 fully saturated rings. The number of rotatable bonds is 3. The van der Waals surface area contributed by atoms with Gasteiger partial charge in [0.2, 0.25) is 0 Å². The topological polar surface area (TPSA) is 45.2 Å². The van der Waals surface area contributed by atoms with Crippen LogP contribution in [0, 0.1) is 6.92 Å². The van der Waals surface area contributed by atoms with E-state index in [2.05, 4.69) is 15.2 Å². The minimum absolute atomic E-state index is 0. The van der Waals surface area contributed by atoms with Gasteiger partial charge in [-0.15, -0.1) is 24.8 Å². The highest BCUT2D eigenvalue weighted by Crippen LogP contribution is 2.19. The van der Waals surface area contributed by atoms with Gasteiger partial charge in [0.15, 0.2) is 5.78 Å². The number of carbonyl (C=O) groups is 1. The maximum atomic E-state index is 11.6. The van der Waals surface area contributed by atoms with Crippen molar-refractivity contribution < 1.29 is 4.79 Å². The predicted molar refractivity (Wildman–Crippen MR) is 83.2 cm³/mol. The highest BCUT2D eigenvalue weighted by atomic mass is 35.5. The van der Waals surface area contributed by atoms with Crippen LogP contribution >= 0.6 is 24.8 Å². The molecule has 108 valence electrons. The van der Waals surface area contributed by atoms with Gasteiger partial charge >= 0.3 is 0 Å². The van der Waals surface area contributed by atoms with Gasteiger partial charge in [0, 0.05) is 32.6 Å². The van der Waals surface area contributed by atoms with Gasteiger partial charge in [-0.25, -0.2) is 4.98 Å². The van der Waals surface area contributed by atoms with Crippen LogP contribution in [0.2, 0.25) is 0 Å². The van der Waals surface area contributed by atoms with Gasteiger partial charge < -0.3 is 10.2 Å². The fourth-order valence-corrected chi connectivity index (χ4v) is 2.13. The third-order valence-corrected chi connectivity index (χ3v) is 3.12. The van der Waals surface area contributed by atoms with Crippen molar-refractivity contribution in [1.82, 2.24) is 10.3 Å². The molecule has 0 aromatic carbocycles. The molecule has 0 radical (unpaired) electrons. The summed E-state index contributed by atoms with van der Waals surface area (Å²) in [6, 6.07) is 3.87. The van der Waals surface area contributed by atoms with E-state index in [9.17, 15) is 4.79 Å². The molecule has 1 aromatic heterocycles. The monoisotopic (exact) mass is 305 g/mol. The van der Waals surface area contributed by atoms with Crippen LogP contribution < -0.4 is 10.2 Å². The summed E-state index contributed by atoms with van der Waals surface area (Å²) in [4.78, 5) is 18.3. The van der Waals surface area contributed by atoms with Crippen molar-refractivity contribution in [3.05, 3.63) is 23.5 Å². The molecule has 0 atom stereocenters. The van der Waals surface area contributed by atoms with Crippen LogP contribution in [0.15, 0.2) is 12.1 Å². The second kappa shape index (κ2) is 8.35. The first-order chi connectivity index (χ1) is 8.22. The number of ketones is 1. The van der Waals surface area contributed by atoms with E-state index < -0.39 is 0 Å². The molecule has 0 spiro atoms. The van der Waals surface area contributed by atoms with Crippen LogP contribution in [0.1, 0.15) is 29.5 Å². The summed E-state index contributed by atoms with van der Waals surface area (Å²) in [5.74, 6) is 0.111. The number of nitrogens with zero attached hydrogens (tertiary/aromatic N) is 2. The summed E-state index contributed by atoms with van der Waals surface area (Å²) < 4.78 is 0. The number of aryl methyl sites for hydroxylation is 1. The zero-order valence-corrected chi connectivity index (χ0v) is 12.9. The zero-order valence-electron chi connectivity index (χ0n) is 11.3. The lowest BCUT2D eigenvalue weighted by Gasteiger charge is -2.30. The molecule has 1 aromatic rings. The molecule has 0 unspecified atom stereocenters. The standard InChI is InChI=1S/C13H19N3O.2ClH/c1-3-13(17)11-4-5-12(10(2)15-11)16-8-6-14-7-9-16;;/h4-5,14H,3,6-9H2,1-2H3;2*1H. The summed E-state index contributed by atoms with van der Waals surface area (Å²) in [5, 5.41) is 3.33. The molecule has 1 N–H and O–H groups in total. The maximum absolute atomic E-state index is 11.6. The lowest BCUT2D eigenvalue weighted by molar-refractivity contribution is 0.0983. The predicted octanol–water partition coefficient (Wildman–Crippen LogP) is 2.24. The lowest BCUT2D eigenvalue weighted by atomic mass is 10.1. The highest BCUT2D eigenvalue weighted by molar-refractivity contribution is 5.94. The number of anilines is 1. The second-order valence-corrected chi connectivity index (χ2v) is 4.31. The average Bonchev–Trinajstić information content (AvgIpc) is 2.38. The maximum Gasteiger partial charge on any atom is 0.180 e. The van der Waals surface area contributed by atoms with Crippen LogP contribution in [-0.2, 0) is 0 Å². The van der Waals surface area contributed by atoms with Crippen molar-refractivity contribution in [3.8, 4) is 0 Å². The lowest BCUT2D eigenvalue weighted by Crippen LogP contribution is -2.43. The molecular weight excluding hydrogens is 285 g/mol. The summed E-state index contributed by atoms with van der Waals surface area (Å²) in [6.07, 6.45) is 0.513. The second-order valence-electron chi connectivity index (χ2n) is 4.31. The first-order valence-corrected chi connectivity index (χ1v) is 6.19. The Balaban J connectivity index is 0.00000162. The zero-order chi connectivity index (χ0) is 12.3. The molecule has 1 saturated heterocycles. The van der Waals surface area contributed by atoms with Gasteiger partial charge in [-0.3, -0.25) is 4.79 Å². The molecule has 1 aliphatic rings. The van der Waals surface area contributed by atoms with E-state index >= 15 is 0 Å². The van der Waals surface area contributed by atoms with Crippen LogP contribution in [0.4, 0.5) is 5.69 Å². The molecule has 2 rings (SSSR count). The average molecular weight is 306 g/mol. The summed E-state index contributed by atoms with van der Waals surface area (Å²) in [5.41, 5.74) is 2.69. The molecule has 2 heterocycles. The Morgan fingerprint density at radius 3 is 2.47 bits per heavy atom. The van der Waals surface area contributed by atoms with E-state index in [-0.39, 0.29) is 30.6 Å². The molecule has 0 saturated carbocycles. The van der Waals surface area contributed by atoms with Gasteiger partial charge in [0.1, 0.15) is 5.69 Å². The molecule has 4 nitrogen and oxygen atoms in total. The minimum Gasteiger partial charge on any atom is -0.368 e. The van der Waals surface area contributed by atoms with Crippen molar-refractivity contribution in [2.24, 2.45) is 0 Å². The van der Waals surface area contributed by atoms with Crippen molar-refractivity contribution >= 4 is 36.3 Å². The highest BCUT2D eigenvalue weighted by Gasteiger charge is 2.14. The van der Waals surface area contributed by atoms with Crippen LogP contribution in [-0.4, -0.2) is 36.9 Å². The molecule has 19 heavy (non-hydrogen) atoms. The number of aromatic nitrogens is 1. The minimum atomic E-state index is 0. The number of nitrogens with one attached hydrogen (secondary N) is 1. The van der Waals surface area contributed by atoms with Crippen LogP contribution in [0.25, 0.3) is 0 Å². The smallest absolute Gasteiger partial charge is 0.180 e. The Bertz CT molecular complexity index is 420. The van der Waals surface area contributed by atoms with Crippen molar-refractivity contribution in [1.29, 1.82) is 0 Å². The molecule has 0 amide bonds.